The fourth-order valence-corrected chi connectivity index (χ4v) is 2.34. The Labute approximate surface area is 144 Å². The van der Waals surface area contributed by atoms with Crippen LogP contribution in [0, 0.1) is 0 Å². The van der Waals surface area contributed by atoms with Crippen LogP contribution in [0.3, 0.4) is 0 Å². The van der Waals surface area contributed by atoms with Crippen molar-refractivity contribution in [1.29, 1.82) is 0 Å². The van der Waals surface area contributed by atoms with Crippen molar-refractivity contribution in [2.24, 2.45) is 0 Å². The Morgan fingerprint density at radius 2 is 1.84 bits per heavy atom. The Kier molecular flexibility index (Phi) is 5.35. The van der Waals surface area contributed by atoms with Gasteiger partial charge in [0.15, 0.2) is 0 Å². The van der Waals surface area contributed by atoms with E-state index < -0.39 is 23.1 Å². The molecular weight excluding hydrogens is 333 g/mol. The van der Waals surface area contributed by atoms with Gasteiger partial charge >= 0.3 is 6.18 Å². The smallest absolute Gasteiger partial charge is 0.416 e. The first kappa shape index (κ1) is 18.8. The number of hydrogen-bond acceptors (Lipinski definition) is 3. The molecule has 0 aliphatic rings. The highest BCUT2D eigenvalue weighted by atomic mass is 19.4. The minimum absolute atomic E-state index is 0.158. The van der Waals surface area contributed by atoms with E-state index in [-0.39, 0.29) is 18.0 Å². The van der Waals surface area contributed by atoms with Gasteiger partial charge in [-0.15, -0.1) is 0 Å². The maximum absolute atomic E-state index is 12.9. The van der Waals surface area contributed by atoms with E-state index in [1.807, 2.05) is 0 Å². The number of nitrogens with zero attached hydrogens (tertiary/aromatic N) is 1. The zero-order chi connectivity index (χ0) is 18.7. The summed E-state index contributed by atoms with van der Waals surface area (Å²) in [5, 5.41) is 2.73. The summed E-state index contributed by atoms with van der Waals surface area (Å²) < 4.78 is 43.7. The highest BCUT2D eigenvalue weighted by molar-refractivity contribution is 5.96. The molecule has 0 aliphatic carbocycles. The van der Waals surface area contributed by atoms with Crippen LogP contribution in [-0.2, 0) is 11.6 Å². The minimum Gasteiger partial charge on any atom is -0.480 e. The van der Waals surface area contributed by atoms with Crippen LogP contribution in [0.5, 0.6) is 5.88 Å². The Morgan fingerprint density at radius 1 is 1.16 bits per heavy atom. The Bertz CT molecular complexity index is 758. The molecule has 2 aromatic rings. The molecule has 2 rings (SSSR count). The third-order valence-corrected chi connectivity index (χ3v) is 3.87. The number of amides is 1. The number of halogens is 3. The molecule has 0 unspecified atom stereocenters. The fraction of sp³-hybridized carbons (Fsp3) is 0.333. The van der Waals surface area contributed by atoms with Crippen LogP contribution in [0.2, 0.25) is 0 Å². The minimum atomic E-state index is -4.40. The summed E-state index contributed by atoms with van der Waals surface area (Å²) in [7, 11) is 1.41. The van der Waals surface area contributed by atoms with E-state index in [0.717, 1.165) is 12.1 Å². The number of nitrogens with one attached hydrogen (secondary N) is 1. The Hall–Kier alpha value is -2.57. The molecule has 0 fully saturated rings. The van der Waals surface area contributed by atoms with E-state index >= 15 is 0 Å². The number of methoxy groups -OCH3 is 1. The van der Waals surface area contributed by atoms with Crippen molar-refractivity contribution in [3.63, 3.8) is 0 Å². The van der Waals surface area contributed by atoms with Crippen LogP contribution in [0.4, 0.5) is 13.2 Å². The summed E-state index contributed by atoms with van der Waals surface area (Å²) >= 11 is 0. The number of aromatic nitrogens is 1. The normalized spacial score (nSPS) is 11.9. The van der Waals surface area contributed by atoms with Gasteiger partial charge in [-0.25, -0.2) is 4.98 Å². The Balaban J connectivity index is 2.15. The van der Waals surface area contributed by atoms with Gasteiger partial charge in [-0.1, -0.05) is 32.0 Å². The second-order valence-electron chi connectivity index (χ2n) is 6.21. The lowest BCUT2D eigenvalue weighted by atomic mass is 9.83. The van der Waals surface area contributed by atoms with E-state index in [9.17, 15) is 18.0 Å². The van der Waals surface area contributed by atoms with Gasteiger partial charge in [0.25, 0.3) is 5.91 Å². The van der Waals surface area contributed by atoms with Gasteiger partial charge in [0, 0.05) is 18.2 Å². The molecule has 1 N–H and O–H groups in total. The van der Waals surface area contributed by atoms with Crippen LogP contribution in [0.25, 0.3) is 0 Å². The lowest BCUT2D eigenvalue weighted by molar-refractivity contribution is -0.137. The number of carbonyl (C=O) groups is 1. The van der Waals surface area contributed by atoms with E-state index in [2.05, 4.69) is 10.3 Å². The molecule has 1 aromatic carbocycles. The van der Waals surface area contributed by atoms with Crippen molar-refractivity contribution in [3.8, 4) is 5.88 Å². The third kappa shape index (κ3) is 4.49. The molecule has 0 atom stereocenters. The van der Waals surface area contributed by atoms with Gasteiger partial charge in [-0.2, -0.15) is 13.2 Å². The average Bonchev–Trinajstić information content (AvgIpc) is 2.59. The largest absolute Gasteiger partial charge is 0.480 e. The maximum Gasteiger partial charge on any atom is 0.416 e. The Morgan fingerprint density at radius 3 is 2.48 bits per heavy atom. The van der Waals surface area contributed by atoms with Crippen molar-refractivity contribution < 1.29 is 22.7 Å². The lowest BCUT2D eigenvalue weighted by Crippen LogP contribution is -2.37. The maximum atomic E-state index is 12.9. The molecule has 1 amide bonds. The van der Waals surface area contributed by atoms with Gasteiger partial charge in [0.05, 0.1) is 12.7 Å². The van der Waals surface area contributed by atoms with Crippen molar-refractivity contribution in [2.45, 2.75) is 25.4 Å². The van der Waals surface area contributed by atoms with Crippen LogP contribution in [0.1, 0.15) is 35.3 Å². The van der Waals surface area contributed by atoms with Crippen molar-refractivity contribution in [2.75, 3.05) is 13.7 Å². The number of hydrogen-bond donors (Lipinski definition) is 1. The molecule has 1 heterocycles. The van der Waals surface area contributed by atoms with E-state index in [1.165, 1.54) is 19.4 Å². The van der Waals surface area contributed by atoms with Gasteiger partial charge in [0.1, 0.15) is 5.56 Å². The molecule has 4 nitrogen and oxygen atoms in total. The molecule has 0 saturated carbocycles. The highest BCUT2D eigenvalue weighted by Gasteiger charge is 2.32. The molecule has 0 radical (unpaired) electrons. The van der Waals surface area contributed by atoms with Gasteiger partial charge < -0.3 is 10.1 Å². The molecule has 134 valence electrons. The van der Waals surface area contributed by atoms with Crippen LogP contribution in [-0.4, -0.2) is 24.5 Å². The molecule has 7 heteroatoms. The first-order valence-corrected chi connectivity index (χ1v) is 7.60. The highest BCUT2D eigenvalue weighted by Crippen LogP contribution is 2.32. The number of carbonyl (C=O) groups excluding carboxylic acids is 1. The van der Waals surface area contributed by atoms with Crippen LogP contribution >= 0.6 is 0 Å². The summed E-state index contributed by atoms with van der Waals surface area (Å²) in [6, 6.07) is 8.29. The quantitative estimate of drug-likeness (QED) is 0.890. The second-order valence-corrected chi connectivity index (χ2v) is 6.21. The van der Waals surface area contributed by atoms with E-state index in [1.54, 1.807) is 32.0 Å². The number of pyridine rings is 1. The predicted molar refractivity (Wildman–Crippen MR) is 87.6 cm³/mol. The van der Waals surface area contributed by atoms with E-state index in [0.29, 0.717) is 5.56 Å². The molecule has 1 aromatic heterocycles. The first-order chi connectivity index (χ1) is 11.6. The average molecular weight is 352 g/mol. The van der Waals surface area contributed by atoms with E-state index in [4.69, 9.17) is 4.74 Å². The molecular formula is C18H19F3N2O2. The topological polar surface area (TPSA) is 51.2 Å². The predicted octanol–water partition coefficient (Wildman–Crippen LogP) is 3.82. The second kappa shape index (κ2) is 7.13. The number of rotatable bonds is 5. The third-order valence-electron chi connectivity index (χ3n) is 3.87. The fourth-order valence-electron chi connectivity index (χ4n) is 2.34. The van der Waals surface area contributed by atoms with Gasteiger partial charge in [-0.3, -0.25) is 4.79 Å². The summed E-state index contributed by atoms with van der Waals surface area (Å²) in [6.07, 6.45) is -2.90. The molecule has 0 aliphatic heterocycles. The first-order valence-electron chi connectivity index (χ1n) is 7.60. The summed E-state index contributed by atoms with van der Waals surface area (Å²) in [5.74, 6) is -0.207. The monoisotopic (exact) mass is 352 g/mol. The van der Waals surface area contributed by atoms with Crippen molar-refractivity contribution in [3.05, 3.63) is 59.3 Å². The van der Waals surface area contributed by atoms with Crippen LogP contribution < -0.4 is 10.1 Å². The number of ether oxygens (including phenoxy) is 1. The van der Waals surface area contributed by atoms with Crippen molar-refractivity contribution in [1.82, 2.24) is 10.3 Å². The van der Waals surface area contributed by atoms with Gasteiger partial charge in [-0.05, 0) is 23.8 Å². The number of alkyl halides is 3. The molecule has 25 heavy (non-hydrogen) atoms. The summed E-state index contributed by atoms with van der Waals surface area (Å²) in [6.45, 7) is 3.69. The summed E-state index contributed by atoms with van der Waals surface area (Å²) in [5.41, 5.74) is -0.643. The summed E-state index contributed by atoms with van der Waals surface area (Å²) in [4.78, 5) is 16.3. The zero-order valence-electron chi connectivity index (χ0n) is 14.1. The van der Waals surface area contributed by atoms with Gasteiger partial charge in [0.2, 0.25) is 5.88 Å². The van der Waals surface area contributed by atoms with Crippen molar-refractivity contribution >= 4 is 5.91 Å². The number of benzene rings is 1. The molecule has 0 bridgehead atoms. The molecule has 0 spiro atoms. The SMILES string of the molecule is COc1ncccc1C(=O)NCC(C)(C)c1cccc(C(F)(F)F)c1. The van der Waals surface area contributed by atoms with Crippen LogP contribution in [0.15, 0.2) is 42.6 Å². The lowest BCUT2D eigenvalue weighted by Gasteiger charge is -2.26. The zero-order valence-corrected chi connectivity index (χ0v) is 14.1. The molecule has 0 saturated heterocycles. The standard InChI is InChI=1S/C18H19F3N2O2/c1-17(2,12-6-4-7-13(10-12)18(19,20)21)11-23-15(24)14-8-5-9-22-16(14)25-3/h4-10H,11H2,1-3H3,(H,23,24).